The molecule has 1 aromatic heterocycles. The van der Waals surface area contributed by atoms with Crippen LogP contribution in [-0.2, 0) is 4.79 Å². The van der Waals surface area contributed by atoms with Crippen molar-refractivity contribution in [3.05, 3.63) is 89.4 Å². The fourth-order valence-corrected chi connectivity index (χ4v) is 4.16. The largest absolute Gasteiger partial charge is 0.332 e. The van der Waals surface area contributed by atoms with Crippen LogP contribution >= 0.6 is 23.4 Å². The van der Waals surface area contributed by atoms with Crippen molar-refractivity contribution in [1.29, 1.82) is 0 Å². The van der Waals surface area contributed by atoms with Crippen LogP contribution in [0.15, 0.2) is 84.0 Å². The number of aromatic amines is 1. The van der Waals surface area contributed by atoms with Crippen molar-refractivity contribution in [1.82, 2.24) is 9.97 Å². The van der Waals surface area contributed by atoms with Crippen LogP contribution in [0, 0.1) is 6.92 Å². The Morgan fingerprint density at radius 3 is 2.35 bits per heavy atom. The molecule has 0 spiro atoms. The van der Waals surface area contributed by atoms with Crippen LogP contribution in [0.5, 0.6) is 0 Å². The molecule has 0 fully saturated rings. The zero-order valence-corrected chi connectivity index (χ0v) is 18.6. The van der Waals surface area contributed by atoms with Gasteiger partial charge >= 0.3 is 0 Å². The van der Waals surface area contributed by atoms with Gasteiger partial charge in [0.2, 0.25) is 5.91 Å². The Hall–Kier alpha value is -3.02. The number of nitrogens with zero attached hydrogens (tertiary/aromatic N) is 1. The van der Waals surface area contributed by atoms with E-state index in [2.05, 4.69) is 34.6 Å². The molecule has 0 saturated heterocycles. The molecule has 0 aliphatic heterocycles. The maximum absolute atomic E-state index is 12.3. The summed E-state index contributed by atoms with van der Waals surface area (Å²) in [6.45, 7) is 1.93. The van der Waals surface area contributed by atoms with Crippen LogP contribution < -0.4 is 5.32 Å². The van der Waals surface area contributed by atoms with Crippen molar-refractivity contribution in [2.45, 2.75) is 18.5 Å². The van der Waals surface area contributed by atoms with Crippen LogP contribution in [0.3, 0.4) is 0 Å². The number of aryl methyl sites for hydroxylation is 1. The van der Waals surface area contributed by atoms with E-state index in [1.165, 1.54) is 11.8 Å². The maximum Gasteiger partial charge on any atom is 0.225 e. The molecule has 0 aliphatic carbocycles. The maximum atomic E-state index is 12.3. The van der Waals surface area contributed by atoms with Gasteiger partial charge in [-0.05, 0) is 24.6 Å². The summed E-state index contributed by atoms with van der Waals surface area (Å²) in [6.07, 6.45) is 0.373. The standard InChI is InChI=1S/C25H22ClN3OS/c1-17-12-13-20(16-21(17)26)27-22(30)14-15-31-25-28-23(18-8-4-2-5-9-18)24(29-25)19-10-6-3-7-11-19/h2-13,16H,14-15H2,1H3,(H,27,30)(H,28,29). The van der Waals surface area contributed by atoms with Crippen molar-refractivity contribution in [3.8, 4) is 22.5 Å². The molecule has 0 bridgehead atoms. The lowest BCUT2D eigenvalue weighted by Gasteiger charge is -2.06. The quantitative estimate of drug-likeness (QED) is 0.305. The summed E-state index contributed by atoms with van der Waals surface area (Å²) in [5.74, 6) is 0.562. The molecule has 4 aromatic rings. The molecule has 4 rings (SSSR count). The molecule has 1 amide bonds. The van der Waals surface area contributed by atoms with Crippen LogP contribution in [0.2, 0.25) is 5.02 Å². The highest BCUT2D eigenvalue weighted by molar-refractivity contribution is 7.99. The van der Waals surface area contributed by atoms with E-state index in [0.717, 1.165) is 33.2 Å². The van der Waals surface area contributed by atoms with E-state index >= 15 is 0 Å². The van der Waals surface area contributed by atoms with Crippen molar-refractivity contribution >= 4 is 35.0 Å². The van der Waals surface area contributed by atoms with Gasteiger partial charge < -0.3 is 10.3 Å². The summed E-state index contributed by atoms with van der Waals surface area (Å²) in [4.78, 5) is 20.6. The number of H-pyrrole nitrogens is 1. The second kappa shape index (κ2) is 9.86. The molecule has 2 N–H and O–H groups in total. The van der Waals surface area contributed by atoms with Crippen molar-refractivity contribution < 1.29 is 4.79 Å². The molecule has 6 heteroatoms. The van der Waals surface area contributed by atoms with Gasteiger partial charge in [-0.3, -0.25) is 4.79 Å². The van der Waals surface area contributed by atoms with Gasteiger partial charge in [0.25, 0.3) is 0 Å². The van der Waals surface area contributed by atoms with Crippen molar-refractivity contribution in [2.24, 2.45) is 0 Å². The van der Waals surface area contributed by atoms with E-state index in [-0.39, 0.29) is 5.91 Å². The van der Waals surface area contributed by atoms with Crippen LogP contribution in [0.1, 0.15) is 12.0 Å². The number of hydrogen-bond acceptors (Lipinski definition) is 3. The summed E-state index contributed by atoms with van der Waals surface area (Å²) in [5.41, 5.74) is 5.71. The Balaban J connectivity index is 1.44. The van der Waals surface area contributed by atoms with E-state index in [1.807, 2.05) is 55.5 Å². The van der Waals surface area contributed by atoms with Gasteiger partial charge in [0, 0.05) is 34.0 Å². The Bertz CT molecular complexity index is 1120. The van der Waals surface area contributed by atoms with E-state index in [4.69, 9.17) is 16.6 Å². The highest BCUT2D eigenvalue weighted by atomic mass is 35.5. The highest BCUT2D eigenvalue weighted by Crippen LogP contribution is 2.32. The highest BCUT2D eigenvalue weighted by Gasteiger charge is 2.14. The summed E-state index contributed by atoms with van der Waals surface area (Å²) < 4.78 is 0. The zero-order valence-electron chi connectivity index (χ0n) is 17.1. The lowest BCUT2D eigenvalue weighted by molar-refractivity contribution is -0.115. The second-order valence-electron chi connectivity index (χ2n) is 7.11. The smallest absolute Gasteiger partial charge is 0.225 e. The minimum atomic E-state index is -0.0504. The van der Waals surface area contributed by atoms with Gasteiger partial charge in [0.05, 0.1) is 11.4 Å². The zero-order chi connectivity index (χ0) is 21.6. The van der Waals surface area contributed by atoms with Crippen LogP contribution in [0.25, 0.3) is 22.5 Å². The minimum absolute atomic E-state index is 0.0504. The number of hydrogen-bond donors (Lipinski definition) is 2. The monoisotopic (exact) mass is 447 g/mol. The molecule has 1 heterocycles. The number of aromatic nitrogens is 2. The normalized spacial score (nSPS) is 10.8. The first-order chi connectivity index (χ1) is 15.1. The molecule has 0 atom stereocenters. The SMILES string of the molecule is Cc1ccc(NC(=O)CCSc2nc(-c3ccccc3)c(-c3ccccc3)[nH]2)cc1Cl. The Labute approximate surface area is 191 Å². The number of nitrogens with one attached hydrogen (secondary N) is 2. The number of benzene rings is 3. The molecule has 3 aromatic carbocycles. The number of imidazole rings is 1. The van der Waals surface area contributed by atoms with Gasteiger partial charge in [-0.1, -0.05) is 90.1 Å². The van der Waals surface area contributed by atoms with Crippen molar-refractivity contribution in [3.63, 3.8) is 0 Å². The number of halogens is 1. The Morgan fingerprint density at radius 2 is 1.68 bits per heavy atom. The van der Waals surface area contributed by atoms with Gasteiger partial charge in [-0.15, -0.1) is 0 Å². The lowest BCUT2D eigenvalue weighted by atomic mass is 10.1. The molecular weight excluding hydrogens is 426 g/mol. The van der Waals surface area contributed by atoms with Gasteiger partial charge in [0.15, 0.2) is 5.16 Å². The molecule has 0 radical (unpaired) electrons. The van der Waals surface area contributed by atoms with Crippen LogP contribution in [-0.4, -0.2) is 21.6 Å². The predicted molar refractivity (Wildman–Crippen MR) is 130 cm³/mol. The number of anilines is 1. The molecular formula is C25H22ClN3OS. The third kappa shape index (κ3) is 5.37. The van der Waals surface area contributed by atoms with Crippen molar-refractivity contribution in [2.75, 3.05) is 11.1 Å². The molecule has 156 valence electrons. The van der Waals surface area contributed by atoms with E-state index in [1.54, 1.807) is 6.07 Å². The number of carbonyl (C=O) groups is 1. The number of amides is 1. The minimum Gasteiger partial charge on any atom is -0.332 e. The first kappa shape index (κ1) is 21.2. The van der Waals surface area contributed by atoms with Gasteiger partial charge in [-0.2, -0.15) is 0 Å². The number of rotatable bonds is 7. The van der Waals surface area contributed by atoms with Gasteiger partial charge in [-0.25, -0.2) is 4.98 Å². The third-order valence-electron chi connectivity index (χ3n) is 4.82. The molecule has 0 aliphatic rings. The molecule has 31 heavy (non-hydrogen) atoms. The summed E-state index contributed by atoms with van der Waals surface area (Å²) in [5, 5.41) is 4.34. The molecule has 0 saturated carbocycles. The average Bonchev–Trinajstić information content (AvgIpc) is 3.22. The summed E-state index contributed by atoms with van der Waals surface area (Å²) in [7, 11) is 0. The Kier molecular flexibility index (Phi) is 6.75. The molecule has 4 nitrogen and oxygen atoms in total. The first-order valence-electron chi connectivity index (χ1n) is 10.00. The fraction of sp³-hybridized carbons (Fsp3) is 0.120. The fourth-order valence-electron chi connectivity index (χ4n) is 3.17. The summed E-state index contributed by atoms with van der Waals surface area (Å²) in [6, 6.07) is 25.8. The number of carbonyl (C=O) groups excluding carboxylic acids is 1. The Morgan fingerprint density at radius 1 is 1.00 bits per heavy atom. The third-order valence-corrected chi connectivity index (χ3v) is 6.10. The second-order valence-corrected chi connectivity index (χ2v) is 8.60. The first-order valence-corrected chi connectivity index (χ1v) is 11.4. The van der Waals surface area contributed by atoms with E-state index < -0.39 is 0 Å². The van der Waals surface area contributed by atoms with E-state index in [9.17, 15) is 4.79 Å². The number of thioether (sulfide) groups is 1. The summed E-state index contributed by atoms with van der Waals surface area (Å²) >= 11 is 7.67. The van der Waals surface area contributed by atoms with E-state index in [0.29, 0.717) is 22.9 Å². The predicted octanol–water partition coefficient (Wildman–Crippen LogP) is 6.83. The van der Waals surface area contributed by atoms with Crippen LogP contribution in [0.4, 0.5) is 5.69 Å². The van der Waals surface area contributed by atoms with Gasteiger partial charge in [0.1, 0.15) is 0 Å². The lowest BCUT2D eigenvalue weighted by Crippen LogP contribution is -2.12. The topological polar surface area (TPSA) is 57.8 Å². The molecule has 0 unspecified atom stereocenters. The average molecular weight is 448 g/mol.